The average Bonchev–Trinajstić information content (AvgIpc) is 2.95. The summed E-state index contributed by atoms with van der Waals surface area (Å²) in [6.07, 6.45) is 4.86. The number of aromatic nitrogens is 1. The van der Waals surface area contributed by atoms with E-state index in [-0.39, 0.29) is 5.04 Å². The largest absolute Gasteiger partial charge is 0.464 e. The number of unbranched alkanes of at least 4 members (excludes halogenated alkanes) is 3. The Hall–Kier alpha value is -1.40. The van der Waals surface area contributed by atoms with Gasteiger partial charge in [-0.2, -0.15) is 0 Å². The molecule has 6 heteroatoms. The van der Waals surface area contributed by atoms with Crippen molar-refractivity contribution in [2.45, 2.75) is 71.1 Å². The second-order valence-electron chi connectivity index (χ2n) is 7.93. The van der Waals surface area contributed by atoms with Crippen LogP contribution >= 0.6 is 0 Å². The Kier molecular flexibility index (Phi) is 8.08. The molecule has 0 bridgehead atoms. The minimum absolute atomic E-state index is 0.247. The van der Waals surface area contributed by atoms with Crippen LogP contribution in [0, 0.1) is 0 Å². The third-order valence-electron chi connectivity index (χ3n) is 5.07. The number of nitrogens with zero attached hydrogens (tertiary/aromatic N) is 1. The summed E-state index contributed by atoms with van der Waals surface area (Å²) < 4.78 is 12.7. The smallest absolute Gasteiger partial charge is 0.354 e. The lowest BCUT2D eigenvalue weighted by molar-refractivity contribution is 0.0588. The molecule has 0 N–H and O–H groups in total. The van der Waals surface area contributed by atoms with Crippen LogP contribution in [-0.2, 0) is 15.7 Å². The van der Waals surface area contributed by atoms with Gasteiger partial charge in [-0.25, -0.2) is 4.79 Å². The molecule has 0 aromatic carbocycles. The third kappa shape index (κ3) is 6.11. The molecule has 5 nitrogen and oxygen atoms in total. The highest BCUT2D eigenvalue weighted by Crippen LogP contribution is 2.36. The van der Waals surface area contributed by atoms with Crippen LogP contribution in [0.3, 0.4) is 0 Å². The fourth-order valence-corrected chi connectivity index (χ4v) is 3.48. The topological polar surface area (TPSA) is 57.5 Å². The van der Waals surface area contributed by atoms with Crippen LogP contribution in [0.5, 0.6) is 0 Å². The van der Waals surface area contributed by atoms with Crippen molar-refractivity contribution in [3.05, 3.63) is 23.5 Å². The van der Waals surface area contributed by atoms with Crippen molar-refractivity contribution in [1.82, 2.24) is 4.57 Å². The van der Waals surface area contributed by atoms with Crippen molar-refractivity contribution >= 4 is 20.6 Å². The molecule has 0 radical (unpaired) electrons. The van der Waals surface area contributed by atoms with Crippen molar-refractivity contribution in [2.24, 2.45) is 0 Å². The summed E-state index contributed by atoms with van der Waals surface area (Å²) in [4.78, 5) is 22.9. The zero-order chi connectivity index (χ0) is 19.1. The average molecular weight is 368 g/mol. The van der Waals surface area contributed by atoms with Crippen molar-refractivity contribution in [2.75, 3.05) is 13.7 Å². The number of carbonyl (C=O) groups excluding carboxylic acids is 2. The lowest BCUT2D eigenvalue weighted by Gasteiger charge is -2.36. The fourth-order valence-electron chi connectivity index (χ4n) is 2.39. The maximum absolute atomic E-state index is 11.7. The summed E-state index contributed by atoms with van der Waals surface area (Å²) in [5.74, 6) is -0.407. The Morgan fingerprint density at radius 2 is 1.80 bits per heavy atom. The first kappa shape index (κ1) is 21.6. The van der Waals surface area contributed by atoms with Crippen LogP contribution in [0.25, 0.3) is 0 Å². The SMILES string of the molecule is COC(=O)c1ccc(C=O)n1CCCCCCO[Si](C)(C)C(C)(C)C. The zero-order valence-electron chi connectivity index (χ0n) is 16.6. The quantitative estimate of drug-likeness (QED) is 0.261. The molecule has 0 aliphatic heterocycles. The van der Waals surface area contributed by atoms with Crippen LogP contribution in [0.1, 0.15) is 67.4 Å². The van der Waals surface area contributed by atoms with Gasteiger partial charge in [-0.05, 0) is 43.1 Å². The number of hydrogen-bond donors (Lipinski definition) is 0. The van der Waals surface area contributed by atoms with Gasteiger partial charge in [0, 0.05) is 13.2 Å². The summed E-state index contributed by atoms with van der Waals surface area (Å²) in [5, 5.41) is 0.247. The molecule has 0 fully saturated rings. The second-order valence-corrected chi connectivity index (χ2v) is 12.7. The minimum atomic E-state index is -1.65. The van der Waals surface area contributed by atoms with E-state index in [1.54, 1.807) is 16.7 Å². The molecule has 25 heavy (non-hydrogen) atoms. The van der Waals surface area contributed by atoms with Gasteiger partial charge in [0.05, 0.1) is 12.8 Å². The fraction of sp³-hybridized carbons (Fsp3) is 0.684. The Morgan fingerprint density at radius 1 is 1.16 bits per heavy atom. The van der Waals surface area contributed by atoms with Gasteiger partial charge < -0.3 is 13.7 Å². The van der Waals surface area contributed by atoms with Gasteiger partial charge in [0.15, 0.2) is 14.6 Å². The first-order valence-corrected chi connectivity index (χ1v) is 11.9. The van der Waals surface area contributed by atoms with E-state index in [1.807, 2.05) is 0 Å². The van der Waals surface area contributed by atoms with Gasteiger partial charge >= 0.3 is 5.97 Å². The van der Waals surface area contributed by atoms with Gasteiger partial charge in [-0.3, -0.25) is 4.79 Å². The molecule has 0 saturated heterocycles. The molecule has 0 unspecified atom stereocenters. The van der Waals surface area contributed by atoms with E-state index in [4.69, 9.17) is 9.16 Å². The molecule has 1 rings (SSSR count). The molecule has 0 aliphatic rings. The Balaban J connectivity index is 2.36. The number of esters is 1. The summed E-state index contributed by atoms with van der Waals surface area (Å²) in [5.41, 5.74) is 0.951. The molecular weight excluding hydrogens is 334 g/mol. The van der Waals surface area contributed by atoms with Crippen LogP contribution in [0.2, 0.25) is 18.1 Å². The van der Waals surface area contributed by atoms with E-state index >= 15 is 0 Å². The zero-order valence-corrected chi connectivity index (χ0v) is 17.6. The van der Waals surface area contributed by atoms with Crippen molar-refractivity contribution in [3.8, 4) is 0 Å². The standard InChI is InChI=1S/C19H33NO4Si/c1-19(2,3)25(5,6)24-14-10-8-7-9-13-20-16(15-21)11-12-17(20)18(22)23-4/h11-12,15H,7-10,13-14H2,1-6H3. The molecule has 0 spiro atoms. The highest BCUT2D eigenvalue weighted by Gasteiger charge is 2.36. The molecule has 0 saturated carbocycles. The molecule has 1 heterocycles. The van der Waals surface area contributed by atoms with E-state index in [9.17, 15) is 9.59 Å². The Bertz CT molecular complexity index is 572. The van der Waals surface area contributed by atoms with Crippen LogP contribution < -0.4 is 0 Å². The number of ether oxygens (including phenoxy) is 1. The molecule has 1 aromatic rings. The third-order valence-corrected chi connectivity index (χ3v) is 9.61. The predicted molar refractivity (Wildman–Crippen MR) is 103 cm³/mol. The summed E-state index contributed by atoms with van der Waals surface area (Å²) >= 11 is 0. The molecule has 142 valence electrons. The van der Waals surface area contributed by atoms with Crippen molar-refractivity contribution in [1.29, 1.82) is 0 Å². The van der Waals surface area contributed by atoms with E-state index in [0.29, 0.717) is 17.9 Å². The normalized spacial score (nSPS) is 12.2. The number of aldehydes is 1. The van der Waals surface area contributed by atoms with E-state index in [0.717, 1.165) is 38.6 Å². The Morgan fingerprint density at radius 3 is 2.36 bits per heavy atom. The lowest BCUT2D eigenvalue weighted by atomic mass is 10.2. The highest BCUT2D eigenvalue weighted by atomic mass is 28.4. The predicted octanol–water partition coefficient (Wildman–Crippen LogP) is 4.67. The van der Waals surface area contributed by atoms with Crippen LogP contribution in [-0.4, -0.2) is 38.9 Å². The van der Waals surface area contributed by atoms with Crippen LogP contribution in [0.4, 0.5) is 0 Å². The number of methoxy groups -OCH3 is 1. The monoisotopic (exact) mass is 367 g/mol. The lowest BCUT2D eigenvalue weighted by Crippen LogP contribution is -2.40. The van der Waals surface area contributed by atoms with Gasteiger partial charge in [-0.1, -0.05) is 33.6 Å². The molecule has 0 amide bonds. The second kappa shape index (κ2) is 9.34. The minimum Gasteiger partial charge on any atom is -0.464 e. The van der Waals surface area contributed by atoms with Crippen molar-refractivity contribution in [3.63, 3.8) is 0 Å². The van der Waals surface area contributed by atoms with E-state index < -0.39 is 14.3 Å². The van der Waals surface area contributed by atoms with Gasteiger partial charge in [0.25, 0.3) is 0 Å². The highest BCUT2D eigenvalue weighted by molar-refractivity contribution is 6.74. The van der Waals surface area contributed by atoms with Gasteiger partial charge in [0.1, 0.15) is 5.69 Å². The molecule has 0 atom stereocenters. The molecule has 1 aromatic heterocycles. The van der Waals surface area contributed by atoms with E-state index in [1.165, 1.54) is 7.11 Å². The maximum Gasteiger partial charge on any atom is 0.354 e. The summed E-state index contributed by atoms with van der Waals surface area (Å²) in [6, 6.07) is 3.30. The number of hydrogen-bond acceptors (Lipinski definition) is 4. The van der Waals surface area contributed by atoms with E-state index in [2.05, 4.69) is 33.9 Å². The van der Waals surface area contributed by atoms with Crippen molar-refractivity contribution < 1.29 is 18.8 Å². The molecular formula is C19H33NO4Si. The maximum atomic E-state index is 11.7. The van der Waals surface area contributed by atoms with Gasteiger partial charge in [-0.15, -0.1) is 0 Å². The first-order chi connectivity index (χ1) is 11.6. The van der Waals surface area contributed by atoms with Gasteiger partial charge in [0.2, 0.25) is 0 Å². The number of carbonyl (C=O) groups is 2. The first-order valence-electron chi connectivity index (χ1n) is 9.01. The van der Waals surface area contributed by atoms with Crippen LogP contribution in [0.15, 0.2) is 12.1 Å². The summed E-state index contributed by atoms with van der Waals surface area (Å²) in [6.45, 7) is 12.8. The summed E-state index contributed by atoms with van der Waals surface area (Å²) in [7, 11) is -0.298. The number of rotatable bonds is 10. The Labute approximate surface area is 152 Å². The molecule has 0 aliphatic carbocycles.